The van der Waals surface area contributed by atoms with Gasteiger partial charge in [0.05, 0.1) is 31.8 Å². The highest BCUT2D eigenvalue weighted by molar-refractivity contribution is 7.10. The zero-order valence-corrected chi connectivity index (χ0v) is 22.0. The molecule has 2 unspecified atom stereocenters. The fraction of sp³-hybridized carbons (Fsp3) is 0.429. The number of dihydropyridines is 1. The molecule has 1 aliphatic carbocycles. The molecular weight excluding hydrogens is 478 g/mol. The van der Waals surface area contributed by atoms with Crippen LogP contribution < -0.4 is 14.8 Å². The normalized spacial score (nSPS) is 19.6. The van der Waals surface area contributed by atoms with E-state index in [2.05, 4.69) is 5.32 Å². The standard InChI is InChI=1S/C28H33NO6S/c1-5-33-11-12-35-28(31)25-17(3)29-20-14-19(18-9-10-22(34-6-2)23(16-18)32-4)15-21(30)26(20)27(25)24-8-7-13-36-24/h7-10,13,16,19,27,29H,5-6,11-12,14-15H2,1-4H3. The molecule has 2 heterocycles. The summed E-state index contributed by atoms with van der Waals surface area (Å²) in [6, 6.07) is 9.77. The van der Waals surface area contributed by atoms with Crippen LogP contribution in [0.4, 0.5) is 0 Å². The fourth-order valence-corrected chi connectivity index (χ4v) is 5.76. The van der Waals surface area contributed by atoms with Gasteiger partial charge in [-0.3, -0.25) is 4.79 Å². The smallest absolute Gasteiger partial charge is 0.336 e. The molecule has 0 spiro atoms. The molecule has 2 aliphatic rings. The van der Waals surface area contributed by atoms with E-state index in [0.29, 0.717) is 61.0 Å². The number of methoxy groups -OCH3 is 1. The number of thiophene rings is 1. The van der Waals surface area contributed by atoms with Crippen molar-refractivity contribution in [3.05, 3.63) is 68.7 Å². The lowest BCUT2D eigenvalue weighted by Crippen LogP contribution is -2.36. The molecule has 0 bridgehead atoms. The minimum absolute atomic E-state index is 0.00944. The van der Waals surface area contributed by atoms with Gasteiger partial charge in [0.15, 0.2) is 17.3 Å². The number of allylic oxidation sites excluding steroid dienone is 3. The molecule has 0 saturated carbocycles. The van der Waals surface area contributed by atoms with Crippen LogP contribution >= 0.6 is 11.3 Å². The van der Waals surface area contributed by atoms with Crippen molar-refractivity contribution in [2.24, 2.45) is 0 Å². The maximum absolute atomic E-state index is 13.7. The zero-order chi connectivity index (χ0) is 25.7. The van der Waals surface area contributed by atoms with E-state index >= 15 is 0 Å². The third-order valence-corrected chi connectivity index (χ3v) is 7.44. The number of carbonyl (C=O) groups is 2. The van der Waals surface area contributed by atoms with Gasteiger partial charge in [-0.1, -0.05) is 12.1 Å². The van der Waals surface area contributed by atoms with Crippen LogP contribution in [-0.2, 0) is 19.1 Å². The van der Waals surface area contributed by atoms with Gasteiger partial charge in [-0.25, -0.2) is 4.79 Å². The molecule has 2 atom stereocenters. The number of benzene rings is 1. The first-order valence-electron chi connectivity index (χ1n) is 12.3. The number of nitrogens with one attached hydrogen (secondary N) is 1. The number of hydrogen-bond donors (Lipinski definition) is 1. The minimum Gasteiger partial charge on any atom is -0.493 e. The molecule has 8 heteroatoms. The Morgan fingerprint density at radius 2 is 1.94 bits per heavy atom. The quantitative estimate of drug-likeness (QED) is 0.351. The van der Waals surface area contributed by atoms with Gasteiger partial charge in [-0.05, 0) is 62.3 Å². The van der Waals surface area contributed by atoms with Crippen LogP contribution in [0, 0.1) is 0 Å². The van der Waals surface area contributed by atoms with Crippen molar-refractivity contribution < 1.29 is 28.5 Å². The van der Waals surface area contributed by atoms with Crippen LogP contribution in [0.15, 0.2) is 58.3 Å². The molecule has 0 saturated heterocycles. The Bertz CT molecular complexity index is 1170. The molecule has 7 nitrogen and oxygen atoms in total. The van der Waals surface area contributed by atoms with E-state index < -0.39 is 11.9 Å². The van der Waals surface area contributed by atoms with Gasteiger partial charge in [0.1, 0.15) is 6.61 Å². The van der Waals surface area contributed by atoms with Gasteiger partial charge in [-0.15, -0.1) is 11.3 Å². The lowest BCUT2D eigenvalue weighted by Gasteiger charge is -2.36. The maximum Gasteiger partial charge on any atom is 0.336 e. The van der Waals surface area contributed by atoms with Gasteiger partial charge < -0.3 is 24.3 Å². The second kappa shape index (κ2) is 11.8. The predicted octanol–water partition coefficient (Wildman–Crippen LogP) is 5.10. The van der Waals surface area contributed by atoms with Gasteiger partial charge in [0, 0.05) is 34.9 Å². The molecule has 4 rings (SSSR count). The molecule has 192 valence electrons. The van der Waals surface area contributed by atoms with Crippen molar-refractivity contribution in [3.63, 3.8) is 0 Å². The van der Waals surface area contributed by atoms with Crippen molar-refractivity contribution in [1.82, 2.24) is 5.32 Å². The second-order valence-electron chi connectivity index (χ2n) is 8.71. The first-order chi connectivity index (χ1) is 17.5. The molecule has 1 aromatic heterocycles. The Balaban J connectivity index is 1.65. The molecule has 36 heavy (non-hydrogen) atoms. The van der Waals surface area contributed by atoms with E-state index in [-0.39, 0.29) is 18.3 Å². The van der Waals surface area contributed by atoms with E-state index in [0.717, 1.165) is 16.1 Å². The topological polar surface area (TPSA) is 83.1 Å². The van der Waals surface area contributed by atoms with Gasteiger partial charge >= 0.3 is 5.97 Å². The van der Waals surface area contributed by atoms with E-state index in [4.69, 9.17) is 18.9 Å². The maximum atomic E-state index is 13.7. The fourth-order valence-electron chi connectivity index (χ4n) is 4.91. The number of ether oxygens (including phenoxy) is 4. The van der Waals surface area contributed by atoms with Crippen molar-refractivity contribution in [2.75, 3.05) is 33.5 Å². The lowest BCUT2D eigenvalue weighted by molar-refractivity contribution is -0.140. The Hall–Kier alpha value is -3.10. The number of Topliss-reactive ketones (excluding diaryl/α,β-unsaturated/α-hetero) is 1. The SMILES string of the molecule is CCOCCOC(=O)C1=C(C)NC2=C(C(=O)CC(c3ccc(OCC)c(OC)c3)C2)C1c1cccs1. The average molecular weight is 512 g/mol. The summed E-state index contributed by atoms with van der Waals surface area (Å²) in [6.45, 7) is 7.31. The zero-order valence-electron chi connectivity index (χ0n) is 21.2. The number of carbonyl (C=O) groups excluding carboxylic acids is 2. The Labute approximate surface area is 216 Å². The van der Waals surface area contributed by atoms with E-state index in [1.165, 1.54) is 11.3 Å². The highest BCUT2D eigenvalue weighted by Gasteiger charge is 2.42. The summed E-state index contributed by atoms with van der Waals surface area (Å²) in [5, 5.41) is 5.35. The lowest BCUT2D eigenvalue weighted by atomic mass is 9.73. The highest BCUT2D eigenvalue weighted by atomic mass is 32.1. The molecule has 0 fully saturated rings. The van der Waals surface area contributed by atoms with Gasteiger partial charge in [0.25, 0.3) is 0 Å². The minimum atomic E-state index is -0.441. The summed E-state index contributed by atoms with van der Waals surface area (Å²) in [5.41, 5.74) is 3.75. The Kier molecular flexibility index (Phi) is 8.48. The number of ketones is 1. The second-order valence-corrected chi connectivity index (χ2v) is 9.69. The van der Waals surface area contributed by atoms with Crippen LogP contribution in [-0.4, -0.2) is 45.3 Å². The van der Waals surface area contributed by atoms with Crippen molar-refractivity contribution >= 4 is 23.1 Å². The first-order valence-corrected chi connectivity index (χ1v) is 13.2. The number of rotatable bonds is 10. The monoisotopic (exact) mass is 511 g/mol. The predicted molar refractivity (Wildman–Crippen MR) is 139 cm³/mol. The summed E-state index contributed by atoms with van der Waals surface area (Å²) >= 11 is 1.54. The average Bonchev–Trinajstić information content (AvgIpc) is 3.40. The van der Waals surface area contributed by atoms with Gasteiger partial charge in [-0.2, -0.15) is 0 Å². The third kappa shape index (κ3) is 5.34. The van der Waals surface area contributed by atoms with Crippen molar-refractivity contribution in [3.8, 4) is 11.5 Å². The van der Waals surface area contributed by atoms with E-state index in [9.17, 15) is 9.59 Å². The molecule has 0 radical (unpaired) electrons. The summed E-state index contributed by atoms with van der Waals surface area (Å²) in [7, 11) is 1.62. The highest BCUT2D eigenvalue weighted by Crippen LogP contribution is 2.47. The van der Waals surface area contributed by atoms with Crippen LogP contribution in [0.3, 0.4) is 0 Å². The summed E-state index contributed by atoms with van der Waals surface area (Å²) in [4.78, 5) is 27.8. The molecule has 0 amide bonds. The van der Waals surface area contributed by atoms with Crippen LogP contribution in [0.1, 0.15) is 55.9 Å². The molecule has 2 aromatic rings. The van der Waals surface area contributed by atoms with Crippen molar-refractivity contribution in [2.45, 2.75) is 45.4 Å². The van der Waals surface area contributed by atoms with Crippen LogP contribution in [0.5, 0.6) is 11.5 Å². The number of esters is 1. The Morgan fingerprint density at radius 3 is 2.64 bits per heavy atom. The summed E-state index contributed by atoms with van der Waals surface area (Å²) in [6.07, 6.45) is 1.01. The van der Waals surface area contributed by atoms with Gasteiger partial charge in [0.2, 0.25) is 0 Å². The Morgan fingerprint density at radius 1 is 1.11 bits per heavy atom. The molecular formula is C28H33NO6S. The van der Waals surface area contributed by atoms with E-state index in [1.807, 2.05) is 56.5 Å². The number of hydrogen-bond acceptors (Lipinski definition) is 8. The molecule has 1 aliphatic heterocycles. The molecule has 1 aromatic carbocycles. The van der Waals surface area contributed by atoms with Crippen LogP contribution in [0.25, 0.3) is 0 Å². The van der Waals surface area contributed by atoms with E-state index in [1.54, 1.807) is 7.11 Å². The van der Waals surface area contributed by atoms with Crippen molar-refractivity contribution in [1.29, 1.82) is 0 Å². The van der Waals surface area contributed by atoms with Crippen LogP contribution in [0.2, 0.25) is 0 Å². The summed E-state index contributed by atoms with van der Waals surface area (Å²) in [5.74, 6) is 0.505. The molecule has 1 N–H and O–H groups in total. The first kappa shape index (κ1) is 26.0. The third-order valence-electron chi connectivity index (χ3n) is 6.50. The summed E-state index contributed by atoms with van der Waals surface area (Å²) < 4.78 is 22.0. The largest absolute Gasteiger partial charge is 0.493 e.